The number of esters is 1. The van der Waals surface area contributed by atoms with Crippen LogP contribution in [0.2, 0.25) is 0 Å². The standard InChI is InChI=1S/C14H15N3O5/c1-22-13(20)8-2-4-9(5-3-8)15-11(18)7-6-10-12(19)17-14(21)16-10/h2-5,10H,6-7H2,1H3,(H,15,18)(H2,16,17,19,21). The molecule has 1 aromatic rings. The normalized spacial score (nSPS) is 16.7. The van der Waals surface area contributed by atoms with Crippen LogP contribution in [0.5, 0.6) is 0 Å². The SMILES string of the molecule is COC(=O)c1ccc(NC(=O)CCC2NC(=O)NC2=O)cc1. The van der Waals surface area contributed by atoms with Crippen molar-refractivity contribution in [2.24, 2.45) is 0 Å². The molecule has 3 N–H and O–H groups in total. The highest BCUT2D eigenvalue weighted by molar-refractivity contribution is 6.04. The van der Waals surface area contributed by atoms with Crippen LogP contribution < -0.4 is 16.0 Å². The van der Waals surface area contributed by atoms with E-state index in [1.807, 2.05) is 0 Å². The Balaban J connectivity index is 1.83. The summed E-state index contributed by atoms with van der Waals surface area (Å²) in [5.41, 5.74) is 0.906. The predicted octanol–water partition coefficient (Wildman–Crippen LogP) is 0.400. The van der Waals surface area contributed by atoms with Gasteiger partial charge in [-0.15, -0.1) is 0 Å². The Morgan fingerprint density at radius 2 is 1.91 bits per heavy atom. The van der Waals surface area contributed by atoms with Crippen LogP contribution in [0.4, 0.5) is 10.5 Å². The van der Waals surface area contributed by atoms with Gasteiger partial charge in [-0.05, 0) is 30.7 Å². The van der Waals surface area contributed by atoms with Crippen LogP contribution in [-0.4, -0.2) is 37.0 Å². The number of ether oxygens (including phenoxy) is 1. The molecule has 1 aromatic carbocycles. The highest BCUT2D eigenvalue weighted by Gasteiger charge is 2.29. The number of carbonyl (C=O) groups is 4. The number of rotatable bonds is 5. The zero-order valence-corrected chi connectivity index (χ0v) is 11.8. The van der Waals surface area contributed by atoms with E-state index in [1.165, 1.54) is 19.2 Å². The van der Waals surface area contributed by atoms with Gasteiger partial charge in [0.05, 0.1) is 12.7 Å². The number of hydrogen-bond donors (Lipinski definition) is 3. The van der Waals surface area contributed by atoms with E-state index in [1.54, 1.807) is 12.1 Å². The quantitative estimate of drug-likeness (QED) is 0.538. The van der Waals surface area contributed by atoms with Crippen molar-refractivity contribution in [1.82, 2.24) is 10.6 Å². The Labute approximate surface area is 126 Å². The first-order valence-electron chi connectivity index (χ1n) is 6.59. The maximum absolute atomic E-state index is 11.8. The molecule has 1 heterocycles. The summed E-state index contributed by atoms with van der Waals surface area (Å²) in [6, 6.07) is 4.99. The first-order valence-corrected chi connectivity index (χ1v) is 6.59. The van der Waals surface area contributed by atoms with Gasteiger partial charge in [-0.25, -0.2) is 9.59 Å². The molecular weight excluding hydrogens is 290 g/mol. The van der Waals surface area contributed by atoms with E-state index < -0.39 is 23.9 Å². The Morgan fingerprint density at radius 1 is 1.23 bits per heavy atom. The molecule has 0 aromatic heterocycles. The van der Waals surface area contributed by atoms with Crippen molar-refractivity contribution in [3.63, 3.8) is 0 Å². The molecule has 116 valence electrons. The number of benzene rings is 1. The lowest BCUT2D eigenvalue weighted by Crippen LogP contribution is -2.30. The molecule has 0 spiro atoms. The van der Waals surface area contributed by atoms with Crippen LogP contribution in [-0.2, 0) is 14.3 Å². The number of hydrogen-bond acceptors (Lipinski definition) is 5. The van der Waals surface area contributed by atoms with E-state index in [9.17, 15) is 19.2 Å². The zero-order valence-electron chi connectivity index (χ0n) is 11.8. The smallest absolute Gasteiger partial charge is 0.337 e. The molecule has 4 amide bonds. The minimum absolute atomic E-state index is 0.0805. The monoisotopic (exact) mass is 305 g/mol. The molecule has 1 aliphatic heterocycles. The molecule has 0 saturated carbocycles. The third-order valence-corrected chi connectivity index (χ3v) is 3.11. The van der Waals surface area contributed by atoms with Crippen molar-refractivity contribution in [3.8, 4) is 0 Å². The maximum Gasteiger partial charge on any atom is 0.337 e. The van der Waals surface area contributed by atoms with Gasteiger partial charge >= 0.3 is 12.0 Å². The van der Waals surface area contributed by atoms with Crippen molar-refractivity contribution < 1.29 is 23.9 Å². The van der Waals surface area contributed by atoms with E-state index in [2.05, 4.69) is 20.7 Å². The summed E-state index contributed by atoms with van der Waals surface area (Å²) in [5, 5.41) is 7.16. The van der Waals surface area contributed by atoms with Gasteiger partial charge in [-0.1, -0.05) is 0 Å². The van der Waals surface area contributed by atoms with E-state index in [0.29, 0.717) is 11.3 Å². The molecule has 8 heteroatoms. The lowest BCUT2D eigenvalue weighted by Gasteiger charge is -2.08. The Morgan fingerprint density at radius 3 is 2.45 bits per heavy atom. The molecular formula is C14H15N3O5. The van der Waals surface area contributed by atoms with Crippen LogP contribution in [0.1, 0.15) is 23.2 Å². The minimum Gasteiger partial charge on any atom is -0.465 e. The molecule has 0 aliphatic carbocycles. The van der Waals surface area contributed by atoms with Gasteiger partial charge in [-0.2, -0.15) is 0 Å². The first kappa shape index (κ1) is 15.5. The molecule has 1 atom stereocenters. The van der Waals surface area contributed by atoms with Gasteiger partial charge in [0.25, 0.3) is 5.91 Å². The predicted molar refractivity (Wildman–Crippen MR) is 76.1 cm³/mol. The van der Waals surface area contributed by atoms with E-state index in [-0.39, 0.29) is 18.7 Å². The van der Waals surface area contributed by atoms with Crippen molar-refractivity contribution in [2.75, 3.05) is 12.4 Å². The summed E-state index contributed by atoms with van der Waals surface area (Å²) in [6.07, 6.45) is 0.292. The summed E-state index contributed by atoms with van der Waals surface area (Å²) >= 11 is 0. The lowest BCUT2D eigenvalue weighted by atomic mass is 10.1. The zero-order chi connectivity index (χ0) is 16.1. The highest BCUT2D eigenvalue weighted by atomic mass is 16.5. The van der Waals surface area contributed by atoms with Gasteiger partial charge in [0.15, 0.2) is 0 Å². The average molecular weight is 305 g/mol. The Hall–Kier alpha value is -2.90. The van der Waals surface area contributed by atoms with Crippen molar-refractivity contribution in [3.05, 3.63) is 29.8 Å². The minimum atomic E-state index is -0.681. The topological polar surface area (TPSA) is 114 Å². The van der Waals surface area contributed by atoms with Crippen molar-refractivity contribution in [2.45, 2.75) is 18.9 Å². The number of imide groups is 1. The van der Waals surface area contributed by atoms with Gasteiger partial charge in [0, 0.05) is 12.1 Å². The number of anilines is 1. The van der Waals surface area contributed by atoms with Crippen molar-refractivity contribution in [1.29, 1.82) is 0 Å². The molecule has 1 fully saturated rings. The van der Waals surface area contributed by atoms with E-state index in [0.717, 1.165) is 0 Å². The van der Waals surface area contributed by atoms with Gasteiger partial charge in [0.1, 0.15) is 6.04 Å². The van der Waals surface area contributed by atoms with Gasteiger partial charge < -0.3 is 15.4 Å². The molecule has 1 aliphatic rings. The highest BCUT2D eigenvalue weighted by Crippen LogP contribution is 2.11. The van der Waals surface area contributed by atoms with Crippen LogP contribution in [0.25, 0.3) is 0 Å². The molecule has 22 heavy (non-hydrogen) atoms. The van der Waals surface area contributed by atoms with Gasteiger partial charge in [0.2, 0.25) is 5.91 Å². The third kappa shape index (κ3) is 3.81. The molecule has 8 nitrogen and oxygen atoms in total. The van der Waals surface area contributed by atoms with E-state index in [4.69, 9.17) is 0 Å². The maximum atomic E-state index is 11.8. The van der Waals surface area contributed by atoms with Crippen LogP contribution in [0.3, 0.4) is 0 Å². The van der Waals surface area contributed by atoms with Crippen molar-refractivity contribution >= 4 is 29.5 Å². The summed E-state index contributed by atoms with van der Waals surface area (Å²) in [7, 11) is 1.29. The van der Waals surface area contributed by atoms with Gasteiger partial charge in [-0.3, -0.25) is 14.9 Å². The second kappa shape index (κ2) is 6.70. The summed E-state index contributed by atoms with van der Waals surface area (Å²) in [4.78, 5) is 45.3. The molecule has 1 unspecified atom stereocenters. The Bertz CT molecular complexity index is 611. The summed E-state index contributed by atoms with van der Waals surface area (Å²) < 4.78 is 4.57. The van der Waals surface area contributed by atoms with E-state index >= 15 is 0 Å². The summed E-state index contributed by atoms with van der Waals surface area (Å²) in [5.74, 6) is -1.18. The Kier molecular flexibility index (Phi) is 4.72. The first-order chi connectivity index (χ1) is 10.5. The molecule has 0 radical (unpaired) electrons. The number of amides is 4. The molecule has 2 rings (SSSR count). The van der Waals surface area contributed by atoms with Crippen LogP contribution >= 0.6 is 0 Å². The lowest BCUT2D eigenvalue weighted by molar-refractivity contribution is -0.120. The number of urea groups is 1. The molecule has 0 bridgehead atoms. The largest absolute Gasteiger partial charge is 0.465 e. The summed E-state index contributed by atoms with van der Waals surface area (Å²) in [6.45, 7) is 0. The average Bonchev–Trinajstić information content (AvgIpc) is 2.83. The second-order valence-corrected chi connectivity index (χ2v) is 4.67. The fraction of sp³-hybridized carbons (Fsp3) is 0.286. The fourth-order valence-corrected chi connectivity index (χ4v) is 1.97. The number of nitrogens with one attached hydrogen (secondary N) is 3. The van der Waals surface area contributed by atoms with Crippen LogP contribution in [0.15, 0.2) is 24.3 Å². The number of methoxy groups -OCH3 is 1. The third-order valence-electron chi connectivity index (χ3n) is 3.11. The van der Waals surface area contributed by atoms with Crippen LogP contribution in [0, 0.1) is 0 Å². The number of carbonyl (C=O) groups excluding carboxylic acids is 4. The second-order valence-electron chi connectivity index (χ2n) is 4.67. The fourth-order valence-electron chi connectivity index (χ4n) is 1.97. The molecule has 1 saturated heterocycles.